The van der Waals surface area contributed by atoms with Gasteiger partial charge in [-0.25, -0.2) is 15.0 Å². The maximum absolute atomic E-state index is 9.24. The van der Waals surface area contributed by atoms with Crippen LogP contribution in [0, 0.1) is 0 Å². The number of hydrogen-bond acceptors (Lipinski definition) is 7. The van der Waals surface area contributed by atoms with Crippen molar-refractivity contribution in [2.75, 3.05) is 19.0 Å². The van der Waals surface area contributed by atoms with Crippen LogP contribution in [0.1, 0.15) is 12.6 Å². The molecule has 2 N–H and O–H groups in total. The number of azide groups is 1. The third kappa shape index (κ3) is 2.25. The smallest absolute Gasteiger partial charge is 0.167 e. The fourth-order valence-electron chi connectivity index (χ4n) is 2.49. The second-order valence-electron chi connectivity index (χ2n) is 4.64. The van der Waals surface area contributed by atoms with Crippen LogP contribution >= 0.6 is 0 Å². The molecule has 3 unspecified atom stereocenters. The Balaban J connectivity index is 2.05. The molecule has 1 saturated heterocycles. The largest absolute Gasteiger partial charge is 0.394 e. The summed E-state index contributed by atoms with van der Waals surface area (Å²) in [6.45, 7) is -0.128. The number of anilines is 1. The molecule has 2 aromatic rings. The van der Waals surface area contributed by atoms with E-state index >= 15 is 0 Å². The lowest BCUT2D eigenvalue weighted by molar-refractivity contribution is -0.0238. The second-order valence-corrected chi connectivity index (χ2v) is 4.64. The lowest BCUT2D eigenvalue weighted by Crippen LogP contribution is -2.18. The summed E-state index contributed by atoms with van der Waals surface area (Å²) in [5.74, 6) is 0.607. The molecule has 3 atom stereocenters. The highest BCUT2D eigenvalue weighted by molar-refractivity contribution is 5.82. The fraction of sp³-hybridized carbons (Fsp3) is 0.545. The Morgan fingerprint density at radius 2 is 2.43 bits per heavy atom. The molecule has 0 amide bonds. The van der Waals surface area contributed by atoms with Crippen LogP contribution in [0.5, 0.6) is 0 Å². The molecule has 0 bridgehead atoms. The van der Waals surface area contributed by atoms with Crippen LogP contribution in [-0.2, 0) is 4.74 Å². The van der Waals surface area contributed by atoms with Crippen LogP contribution in [0.25, 0.3) is 21.6 Å². The maximum Gasteiger partial charge on any atom is 0.167 e. The van der Waals surface area contributed by atoms with Gasteiger partial charge in [-0.1, -0.05) is 5.11 Å². The first-order valence-corrected chi connectivity index (χ1v) is 6.44. The molecule has 1 aliphatic rings. The monoisotopic (exact) mass is 290 g/mol. The van der Waals surface area contributed by atoms with Gasteiger partial charge in [0, 0.05) is 12.0 Å². The number of ether oxygens (including phenoxy) is 1. The number of aliphatic hydroxyl groups is 1. The van der Waals surface area contributed by atoms with Crippen molar-refractivity contribution in [3.8, 4) is 0 Å². The van der Waals surface area contributed by atoms with Crippen molar-refractivity contribution < 1.29 is 9.84 Å². The Hall–Kier alpha value is -2.42. The summed E-state index contributed by atoms with van der Waals surface area (Å²) >= 11 is 0. The summed E-state index contributed by atoms with van der Waals surface area (Å²) < 4.78 is 7.43. The number of nitrogens with zero attached hydrogens (tertiary/aromatic N) is 7. The molecule has 0 spiro atoms. The Labute approximate surface area is 119 Å². The topological polar surface area (TPSA) is 134 Å². The van der Waals surface area contributed by atoms with Gasteiger partial charge in [-0.3, -0.25) is 4.57 Å². The summed E-state index contributed by atoms with van der Waals surface area (Å²) in [5, 5.41) is 15.9. The Bertz CT molecular complexity index is 695. The predicted octanol–water partition coefficient (Wildman–Crippen LogP) is 0.827. The minimum Gasteiger partial charge on any atom is -0.394 e. The van der Waals surface area contributed by atoms with Gasteiger partial charge in [-0.15, -0.1) is 0 Å². The highest BCUT2D eigenvalue weighted by atomic mass is 16.5. The van der Waals surface area contributed by atoms with E-state index in [9.17, 15) is 5.11 Å². The number of rotatable bonds is 4. The standard InChI is InChI=1S/C11H14N8O2/c1-13-9-8-10(15-4-14-9)19(5-16-8)11-7(17-18-12)2-6(3-20)21-11/h4-7,11,20H,2-3H2,1H3,(H,13,14,15). The molecule has 2 aromatic heterocycles. The summed E-state index contributed by atoms with van der Waals surface area (Å²) in [7, 11) is 1.75. The lowest BCUT2D eigenvalue weighted by Gasteiger charge is -2.16. The fourth-order valence-corrected chi connectivity index (χ4v) is 2.49. The molecular weight excluding hydrogens is 276 g/mol. The summed E-state index contributed by atoms with van der Waals surface area (Å²) in [6.07, 6.45) is 2.54. The van der Waals surface area contributed by atoms with Crippen molar-refractivity contribution in [1.82, 2.24) is 19.5 Å². The zero-order valence-corrected chi connectivity index (χ0v) is 11.3. The molecule has 110 valence electrons. The van der Waals surface area contributed by atoms with Crippen LogP contribution in [0.2, 0.25) is 0 Å². The van der Waals surface area contributed by atoms with E-state index in [1.165, 1.54) is 6.33 Å². The molecule has 0 aliphatic carbocycles. The highest BCUT2D eigenvalue weighted by Crippen LogP contribution is 2.33. The Kier molecular flexibility index (Phi) is 3.57. The molecule has 3 rings (SSSR count). The van der Waals surface area contributed by atoms with E-state index < -0.39 is 12.3 Å². The van der Waals surface area contributed by atoms with Crippen LogP contribution in [-0.4, -0.2) is 50.4 Å². The molecule has 0 saturated carbocycles. The first-order valence-electron chi connectivity index (χ1n) is 6.44. The zero-order chi connectivity index (χ0) is 14.8. The van der Waals surface area contributed by atoms with E-state index in [1.807, 2.05) is 0 Å². The normalized spacial score (nSPS) is 25.0. The van der Waals surface area contributed by atoms with E-state index in [0.29, 0.717) is 23.4 Å². The van der Waals surface area contributed by atoms with Gasteiger partial charge in [0.05, 0.1) is 25.1 Å². The number of nitrogens with one attached hydrogen (secondary N) is 1. The predicted molar refractivity (Wildman–Crippen MR) is 73.4 cm³/mol. The van der Waals surface area contributed by atoms with Crippen molar-refractivity contribution in [2.24, 2.45) is 5.11 Å². The SMILES string of the molecule is CNc1ncnc2c1ncn2C1OC(CO)CC1N=[N+]=[N-]. The van der Waals surface area contributed by atoms with E-state index in [0.717, 1.165) is 0 Å². The number of aromatic nitrogens is 4. The van der Waals surface area contributed by atoms with Crippen LogP contribution in [0.3, 0.4) is 0 Å². The molecule has 0 radical (unpaired) electrons. The summed E-state index contributed by atoms with van der Waals surface area (Å²) in [4.78, 5) is 15.4. The van der Waals surface area contributed by atoms with Crippen LogP contribution in [0.4, 0.5) is 5.82 Å². The minimum atomic E-state index is -0.539. The van der Waals surface area contributed by atoms with Gasteiger partial charge in [-0.2, -0.15) is 0 Å². The van der Waals surface area contributed by atoms with E-state index in [-0.39, 0.29) is 12.7 Å². The molecule has 10 heteroatoms. The third-order valence-electron chi connectivity index (χ3n) is 3.44. The molecular formula is C11H14N8O2. The average molecular weight is 290 g/mol. The quantitative estimate of drug-likeness (QED) is 0.486. The van der Waals surface area contributed by atoms with Crippen LogP contribution < -0.4 is 5.32 Å². The van der Waals surface area contributed by atoms with Gasteiger partial charge in [0.1, 0.15) is 18.1 Å². The Morgan fingerprint density at radius 1 is 1.57 bits per heavy atom. The molecule has 10 nitrogen and oxygen atoms in total. The lowest BCUT2D eigenvalue weighted by atomic mass is 10.2. The van der Waals surface area contributed by atoms with E-state index in [4.69, 9.17) is 10.3 Å². The van der Waals surface area contributed by atoms with Gasteiger partial charge < -0.3 is 15.2 Å². The van der Waals surface area contributed by atoms with Gasteiger partial charge in [-0.05, 0) is 12.0 Å². The Morgan fingerprint density at radius 3 is 3.14 bits per heavy atom. The molecule has 1 fully saturated rings. The number of imidazole rings is 1. The van der Waals surface area contributed by atoms with Crippen molar-refractivity contribution in [3.05, 3.63) is 23.1 Å². The third-order valence-corrected chi connectivity index (χ3v) is 3.44. The van der Waals surface area contributed by atoms with Gasteiger partial charge >= 0.3 is 0 Å². The number of hydrogen-bond donors (Lipinski definition) is 2. The van der Waals surface area contributed by atoms with Crippen LogP contribution in [0.15, 0.2) is 17.8 Å². The number of fused-ring (bicyclic) bond motifs is 1. The number of aliphatic hydroxyl groups excluding tert-OH is 1. The molecule has 1 aliphatic heterocycles. The van der Waals surface area contributed by atoms with Gasteiger partial charge in [0.2, 0.25) is 0 Å². The molecule has 3 heterocycles. The molecule has 0 aromatic carbocycles. The van der Waals surface area contributed by atoms with Crippen molar-refractivity contribution >= 4 is 17.0 Å². The molecule has 21 heavy (non-hydrogen) atoms. The zero-order valence-electron chi connectivity index (χ0n) is 11.3. The average Bonchev–Trinajstić information content (AvgIpc) is 3.10. The van der Waals surface area contributed by atoms with Gasteiger partial charge in [0.25, 0.3) is 0 Å². The van der Waals surface area contributed by atoms with Crippen molar-refractivity contribution in [2.45, 2.75) is 24.8 Å². The first kappa shape index (κ1) is 13.6. The maximum atomic E-state index is 9.24. The second kappa shape index (κ2) is 5.52. The first-order chi connectivity index (χ1) is 10.3. The van der Waals surface area contributed by atoms with Crippen molar-refractivity contribution in [1.29, 1.82) is 0 Å². The summed E-state index contributed by atoms with van der Waals surface area (Å²) in [6, 6.07) is -0.419. The van der Waals surface area contributed by atoms with E-state index in [2.05, 4.69) is 30.3 Å². The van der Waals surface area contributed by atoms with E-state index in [1.54, 1.807) is 17.9 Å². The van der Waals surface area contributed by atoms with Crippen molar-refractivity contribution in [3.63, 3.8) is 0 Å². The van der Waals surface area contributed by atoms with Gasteiger partial charge in [0.15, 0.2) is 11.5 Å². The minimum absolute atomic E-state index is 0.128. The highest BCUT2D eigenvalue weighted by Gasteiger charge is 2.36. The summed E-state index contributed by atoms with van der Waals surface area (Å²) in [5.41, 5.74) is 9.86.